The first-order valence-corrected chi connectivity index (χ1v) is 4.69. The van der Waals surface area contributed by atoms with E-state index in [2.05, 4.69) is 10.3 Å². The molecule has 0 bridgehead atoms. The number of nitrogens with zero attached hydrogens (tertiary/aromatic N) is 1. The van der Waals surface area contributed by atoms with Gasteiger partial charge in [-0.3, -0.25) is 4.79 Å². The number of carbonyl (C=O) groups excluding carboxylic acids is 1. The van der Waals surface area contributed by atoms with E-state index >= 15 is 0 Å². The maximum atomic E-state index is 10.0. The van der Waals surface area contributed by atoms with Crippen LogP contribution in [0.4, 0.5) is 5.00 Å². The Balaban J connectivity index is 2.32. The first-order valence-electron chi connectivity index (χ1n) is 3.87. The minimum atomic E-state index is -1.37. The number of thiazole rings is 1. The van der Waals surface area contributed by atoms with E-state index in [-0.39, 0.29) is 13.0 Å². The molecule has 0 saturated heterocycles. The van der Waals surface area contributed by atoms with Crippen LogP contribution in [-0.4, -0.2) is 34.5 Å². The molecule has 78 valence electrons. The highest BCUT2D eigenvalue weighted by Gasteiger charge is 2.03. The molecule has 0 spiro atoms. The monoisotopic (exact) mass is 218 g/mol. The molecular formula is C7H10N2O4S. The third-order valence-corrected chi connectivity index (χ3v) is 2.13. The lowest BCUT2D eigenvalue weighted by Crippen LogP contribution is -2.10. The van der Waals surface area contributed by atoms with Crippen molar-refractivity contribution in [1.82, 2.24) is 4.98 Å². The molecule has 3 N–H and O–H groups in total. The lowest BCUT2D eigenvalue weighted by molar-refractivity contribution is -0.105. The molecule has 1 amide bonds. The third kappa shape index (κ3) is 3.69. The number of ether oxygens (including phenoxy) is 1. The molecule has 0 unspecified atom stereocenters. The number of hydrogen-bond acceptors (Lipinski definition) is 6. The molecule has 6 nitrogen and oxygen atoms in total. The number of carbonyl (C=O) groups is 1. The van der Waals surface area contributed by atoms with Crippen LogP contribution in [0.1, 0.15) is 6.42 Å². The maximum absolute atomic E-state index is 10.0. The van der Waals surface area contributed by atoms with Gasteiger partial charge in [0, 0.05) is 6.42 Å². The Hall–Kier alpha value is -1.18. The summed E-state index contributed by atoms with van der Waals surface area (Å²) in [5, 5.41) is 20.4. The normalized spacial score (nSPS) is 10.2. The predicted molar refractivity (Wildman–Crippen MR) is 50.1 cm³/mol. The summed E-state index contributed by atoms with van der Waals surface area (Å²) < 4.78 is 5.08. The Morgan fingerprint density at radius 2 is 2.50 bits per heavy atom. The molecule has 1 aromatic rings. The van der Waals surface area contributed by atoms with Crippen molar-refractivity contribution in [2.45, 2.75) is 12.7 Å². The highest BCUT2D eigenvalue weighted by Crippen LogP contribution is 2.24. The molecule has 0 atom stereocenters. The van der Waals surface area contributed by atoms with Crippen molar-refractivity contribution in [1.29, 1.82) is 0 Å². The van der Waals surface area contributed by atoms with Crippen molar-refractivity contribution < 1.29 is 19.7 Å². The van der Waals surface area contributed by atoms with Gasteiger partial charge in [-0.1, -0.05) is 11.3 Å². The molecule has 14 heavy (non-hydrogen) atoms. The second-order valence-corrected chi connectivity index (χ2v) is 3.36. The third-order valence-electron chi connectivity index (χ3n) is 1.29. The van der Waals surface area contributed by atoms with Crippen molar-refractivity contribution in [3.05, 3.63) is 6.20 Å². The van der Waals surface area contributed by atoms with E-state index in [0.29, 0.717) is 16.6 Å². The summed E-state index contributed by atoms with van der Waals surface area (Å²) in [6.07, 6.45) is 0.761. The fourth-order valence-corrected chi connectivity index (χ4v) is 1.35. The summed E-state index contributed by atoms with van der Waals surface area (Å²) in [4.78, 5) is 13.9. The van der Waals surface area contributed by atoms with Gasteiger partial charge in [-0.15, -0.1) is 0 Å². The molecule has 0 saturated carbocycles. The van der Waals surface area contributed by atoms with E-state index < -0.39 is 6.29 Å². The molecular weight excluding hydrogens is 208 g/mol. The van der Waals surface area contributed by atoms with E-state index in [0.717, 1.165) is 0 Å². The van der Waals surface area contributed by atoms with Gasteiger partial charge in [0.05, 0.1) is 12.8 Å². The predicted octanol–water partition coefficient (Wildman–Crippen LogP) is -0.209. The van der Waals surface area contributed by atoms with Crippen LogP contribution in [0, 0.1) is 0 Å². The highest BCUT2D eigenvalue weighted by atomic mass is 32.1. The van der Waals surface area contributed by atoms with Crippen LogP contribution in [0.3, 0.4) is 0 Å². The molecule has 0 fully saturated rings. The van der Waals surface area contributed by atoms with Crippen LogP contribution in [0.15, 0.2) is 6.20 Å². The average Bonchev–Trinajstić information content (AvgIpc) is 2.53. The zero-order chi connectivity index (χ0) is 10.4. The lowest BCUT2D eigenvalue weighted by Gasteiger charge is -2.02. The van der Waals surface area contributed by atoms with Crippen molar-refractivity contribution in [3.63, 3.8) is 0 Å². The van der Waals surface area contributed by atoms with E-state index in [1.54, 1.807) is 0 Å². The molecule has 0 radical (unpaired) electrons. The average molecular weight is 218 g/mol. The van der Waals surface area contributed by atoms with Crippen molar-refractivity contribution in [2.75, 3.05) is 11.9 Å². The van der Waals surface area contributed by atoms with Gasteiger partial charge in [0.25, 0.3) is 5.19 Å². The quantitative estimate of drug-likeness (QED) is 0.454. The number of rotatable bonds is 6. The number of nitrogens with one attached hydrogen (secondary N) is 1. The zero-order valence-electron chi connectivity index (χ0n) is 7.21. The standard InChI is InChI=1S/C7H10N2O4S/c10-4-9-5-3-8-7(14-5)13-2-1-6(11)12/h3-4,6,11-12H,1-2H2,(H,9,10). The topological polar surface area (TPSA) is 91.7 Å². The minimum Gasteiger partial charge on any atom is -0.470 e. The van der Waals surface area contributed by atoms with Gasteiger partial charge in [-0.25, -0.2) is 4.98 Å². The van der Waals surface area contributed by atoms with E-state index in [1.165, 1.54) is 17.5 Å². The van der Waals surface area contributed by atoms with Crippen LogP contribution >= 0.6 is 11.3 Å². The zero-order valence-corrected chi connectivity index (χ0v) is 8.03. The smallest absolute Gasteiger partial charge is 0.275 e. The number of hydrogen-bond donors (Lipinski definition) is 3. The molecule has 1 rings (SSSR count). The summed E-state index contributed by atoms with van der Waals surface area (Å²) in [6.45, 7) is 0.172. The van der Waals surface area contributed by atoms with Gasteiger partial charge in [-0.2, -0.15) is 0 Å². The number of anilines is 1. The first kappa shape index (κ1) is 10.9. The first-order chi connectivity index (χ1) is 6.72. The van der Waals surface area contributed by atoms with Crippen molar-refractivity contribution in [3.8, 4) is 5.19 Å². The lowest BCUT2D eigenvalue weighted by atomic mass is 10.4. The highest BCUT2D eigenvalue weighted by molar-refractivity contribution is 7.17. The van der Waals surface area contributed by atoms with Gasteiger partial charge in [0.1, 0.15) is 5.00 Å². The van der Waals surface area contributed by atoms with Crippen molar-refractivity contribution in [2.24, 2.45) is 0 Å². The fourth-order valence-electron chi connectivity index (χ4n) is 0.701. The molecule has 1 aromatic heterocycles. The SMILES string of the molecule is O=CNc1cnc(OCCC(O)O)s1. The van der Waals surface area contributed by atoms with E-state index in [4.69, 9.17) is 14.9 Å². The van der Waals surface area contributed by atoms with Crippen LogP contribution in [0.2, 0.25) is 0 Å². The number of aliphatic hydroxyl groups is 2. The Kier molecular flexibility index (Phi) is 4.30. The summed E-state index contributed by atoms with van der Waals surface area (Å²) in [5.74, 6) is 0. The largest absolute Gasteiger partial charge is 0.470 e. The Labute approximate surface area is 84.2 Å². The van der Waals surface area contributed by atoms with Crippen LogP contribution in [0.5, 0.6) is 5.19 Å². The van der Waals surface area contributed by atoms with Crippen LogP contribution in [-0.2, 0) is 4.79 Å². The molecule has 0 aliphatic rings. The summed E-state index contributed by atoms with van der Waals surface area (Å²) in [7, 11) is 0. The molecule has 0 aliphatic heterocycles. The number of aromatic nitrogens is 1. The summed E-state index contributed by atoms with van der Waals surface area (Å²) >= 11 is 1.17. The van der Waals surface area contributed by atoms with Crippen LogP contribution in [0.25, 0.3) is 0 Å². The summed E-state index contributed by atoms with van der Waals surface area (Å²) in [5.41, 5.74) is 0. The Morgan fingerprint density at radius 3 is 3.14 bits per heavy atom. The fraction of sp³-hybridized carbons (Fsp3) is 0.429. The maximum Gasteiger partial charge on any atom is 0.275 e. The van der Waals surface area contributed by atoms with E-state index in [1.807, 2.05) is 0 Å². The van der Waals surface area contributed by atoms with Gasteiger partial charge < -0.3 is 20.3 Å². The molecule has 1 heterocycles. The van der Waals surface area contributed by atoms with Crippen LogP contribution < -0.4 is 10.1 Å². The molecule has 0 aliphatic carbocycles. The van der Waals surface area contributed by atoms with Crippen molar-refractivity contribution >= 4 is 22.7 Å². The minimum absolute atomic E-state index is 0.121. The van der Waals surface area contributed by atoms with Gasteiger partial charge in [0.2, 0.25) is 6.41 Å². The number of amides is 1. The Morgan fingerprint density at radius 1 is 1.71 bits per heavy atom. The van der Waals surface area contributed by atoms with Gasteiger partial charge in [0.15, 0.2) is 6.29 Å². The van der Waals surface area contributed by atoms with E-state index in [9.17, 15) is 4.79 Å². The second kappa shape index (κ2) is 5.53. The molecule has 7 heteroatoms. The summed E-state index contributed by atoms with van der Waals surface area (Å²) in [6, 6.07) is 0. The molecule has 0 aromatic carbocycles. The van der Waals surface area contributed by atoms with Gasteiger partial charge in [-0.05, 0) is 0 Å². The van der Waals surface area contributed by atoms with Gasteiger partial charge >= 0.3 is 0 Å². The second-order valence-electron chi connectivity index (χ2n) is 2.37. The Bertz CT molecular complexity index is 289. The number of aliphatic hydroxyl groups excluding tert-OH is 1.